The Labute approximate surface area is 169 Å². The zero-order valence-corrected chi connectivity index (χ0v) is 16.2. The smallest absolute Gasteiger partial charge is 0.163 e. The Hall–Kier alpha value is -3.17. The van der Waals surface area contributed by atoms with E-state index in [1.165, 1.54) is 0 Å². The van der Waals surface area contributed by atoms with Gasteiger partial charge in [0.15, 0.2) is 11.5 Å². The molecule has 0 aliphatic carbocycles. The summed E-state index contributed by atoms with van der Waals surface area (Å²) in [6, 6.07) is 23.9. The molecule has 0 unspecified atom stereocenters. The molecule has 4 rings (SSSR count). The highest BCUT2D eigenvalue weighted by Gasteiger charge is 2.09. The van der Waals surface area contributed by atoms with Gasteiger partial charge in [0.25, 0.3) is 0 Å². The zero-order valence-electron chi connectivity index (χ0n) is 15.5. The minimum absolute atomic E-state index is 0.489. The van der Waals surface area contributed by atoms with Crippen molar-refractivity contribution >= 4 is 34.7 Å². The first-order valence-corrected chi connectivity index (χ1v) is 9.41. The molecule has 1 aromatic heterocycles. The number of H-pyrrole nitrogens is 1. The van der Waals surface area contributed by atoms with Crippen LogP contribution >= 0.6 is 11.6 Å². The second-order valence-corrected chi connectivity index (χ2v) is 6.85. The second-order valence-electron chi connectivity index (χ2n) is 6.44. The summed E-state index contributed by atoms with van der Waals surface area (Å²) >= 11 is 6.22. The first kappa shape index (κ1) is 18.2. The lowest BCUT2D eigenvalue weighted by atomic mass is 10.2. The van der Waals surface area contributed by atoms with Gasteiger partial charge in [-0.25, -0.2) is 0 Å². The highest BCUT2D eigenvalue weighted by Crippen LogP contribution is 2.33. The van der Waals surface area contributed by atoms with Crippen molar-refractivity contribution in [2.75, 3.05) is 7.11 Å². The number of ether oxygens (including phenoxy) is 2. The van der Waals surface area contributed by atoms with Crippen LogP contribution in [0.5, 0.6) is 11.5 Å². The first-order chi connectivity index (χ1) is 13.7. The minimum atomic E-state index is 0.489. The molecule has 0 amide bonds. The van der Waals surface area contributed by atoms with Crippen molar-refractivity contribution in [3.05, 3.63) is 94.6 Å². The van der Waals surface area contributed by atoms with Gasteiger partial charge in [0, 0.05) is 27.7 Å². The normalized spacial score (nSPS) is 11.2. The number of rotatable bonds is 6. The van der Waals surface area contributed by atoms with Crippen LogP contribution in [-0.2, 0) is 6.61 Å². The van der Waals surface area contributed by atoms with Gasteiger partial charge in [-0.15, -0.1) is 0 Å². The predicted molar refractivity (Wildman–Crippen MR) is 116 cm³/mol. The van der Waals surface area contributed by atoms with Gasteiger partial charge < -0.3 is 14.5 Å². The fourth-order valence-corrected chi connectivity index (χ4v) is 3.25. The number of hydrogen-bond donors (Lipinski definition) is 1. The Balaban J connectivity index is 1.59. The fourth-order valence-electron chi connectivity index (χ4n) is 3.05. The van der Waals surface area contributed by atoms with Crippen molar-refractivity contribution in [1.82, 2.24) is 4.98 Å². The van der Waals surface area contributed by atoms with Crippen LogP contribution in [0.4, 0.5) is 0 Å². The third-order valence-corrected chi connectivity index (χ3v) is 4.85. The van der Waals surface area contributed by atoms with E-state index in [0.29, 0.717) is 18.1 Å². The maximum absolute atomic E-state index is 6.22. The van der Waals surface area contributed by atoms with Gasteiger partial charge in [0.05, 0.1) is 7.11 Å². The molecular weight excluding hydrogens is 370 g/mol. The van der Waals surface area contributed by atoms with E-state index < -0.39 is 0 Å². The molecule has 0 aliphatic heterocycles. The Bertz CT molecular complexity index is 1120. The van der Waals surface area contributed by atoms with Gasteiger partial charge in [-0.05, 0) is 35.4 Å². The number of benzene rings is 3. The molecule has 0 saturated carbocycles. The average Bonchev–Trinajstić information content (AvgIpc) is 3.13. The Morgan fingerprint density at radius 2 is 1.68 bits per heavy atom. The predicted octanol–water partition coefficient (Wildman–Crippen LogP) is 6.58. The molecular formula is C24H20ClNO2. The highest BCUT2D eigenvalue weighted by atomic mass is 35.5. The topological polar surface area (TPSA) is 34.2 Å². The standard InChI is InChI=1S/C24H20ClNO2/c1-27-23-14-19-13-20(12-11-18-9-5-6-10-21(18)25)26-22(19)15-24(23)28-16-17-7-3-2-4-8-17/h2-15,26H,16H2,1H3/b12-11+. The summed E-state index contributed by atoms with van der Waals surface area (Å²) in [6.45, 7) is 0.489. The summed E-state index contributed by atoms with van der Waals surface area (Å²) in [7, 11) is 1.65. The van der Waals surface area contributed by atoms with Gasteiger partial charge >= 0.3 is 0 Å². The van der Waals surface area contributed by atoms with Gasteiger partial charge in [0.1, 0.15) is 6.61 Å². The molecule has 0 bridgehead atoms. The maximum atomic E-state index is 6.22. The number of halogens is 1. The van der Waals surface area contributed by atoms with Gasteiger partial charge in [-0.1, -0.05) is 66.2 Å². The van der Waals surface area contributed by atoms with Crippen molar-refractivity contribution in [3.63, 3.8) is 0 Å². The molecule has 0 aliphatic rings. The van der Waals surface area contributed by atoms with Crippen molar-refractivity contribution in [2.24, 2.45) is 0 Å². The molecule has 1 N–H and O–H groups in total. The number of aromatic amines is 1. The summed E-state index contributed by atoms with van der Waals surface area (Å²) < 4.78 is 11.5. The lowest BCUT2D eigenvalue weighted by Gasteiger charge is -2.11. The van der Waals surface area contributed by atoms with Gasteiger partial charge in [-0.3, -0.25) is 0 Å². The number of fused-ring (bicyclic) bond motifs is 1. The molecule has 0 fully saturated rings. The minimum Gasteiger partial charge on any atom is -0.493 e. The van der Waals surface area contributed by atoms with Crippen LogP contribution in [0.3, 0.4) is 0 Å². The van der Waals surface area contributed by atoms with Crippen LogP contribution in [0, 0.1) is 0 Å². The summed E-state index contributed by atoms with van der Waals surface area (Å²) in [5.74, 6) is 1.42. The van der Waals surface area contributed by atoms with E-state index in [2.05, 4.69) is 11.1 Å². The second kappa shape index (κ2) is 8.24. The van der Waals surface area contributed by atoms with Crippen molar-refractivity contribution < 1.29 is 9.47 Å². The van der Waals surface area contributed by atoms with Crippen molar-refractivity contribution in [1.29, 1.82) is 0 Å². The molecule has 0 radical (unpaired) electrons. The largest absolute Gasteiger partial charge is 0.493 e. The number of nitrogens with one attached hydrogen (secondary N) is 1. The summed E-state index contributed by atoms with van der Waals surface area (Å²) in [5, 5.41) is 1.79. The lowest BCUT2D eigenvalue weighted by Crippen LogP contribution is -1.97. The molecule has 0 saturated heterocycles. The van der Waals surface area contributed by atoms with E-state index in [4.69, 9.17) is 21.1 Å². The SMILES string of the molecule is COc1cc2cc(/C=C/c3ccccc3Cl)[nH]c2cc1OCc1ccccc1. The molecule has 3 aromatic carbocycles. The van der Waals surface area contributed by atoms with Crippen molar-refractivity contribution in [2.45, 2.75) is 6.61 Å². The van der Waals surface area contributed by atoms with Crippen LogP contribution in [0.25, 0.3) is 23.1 Å². The Kier molecular flexibility index (Phi) is 5.36. The van der Waals surface area contributed by atoms with Crippen LogP contribution in [0.2, 0.25) is 5.02 Å². The monoisotopic (exact) mass is 389 g/mol. The molecule has 28 heavy (non-hydrogen) atoms. The van der Waals surface area contributed by atoms with E-state index in [1.54, 1.807) is 7.11 Å². The highest BCUT2D eigenvalue weighted by molar-refractivity contribution is 6.32. The third-order valence-electron chi connectivity index (χ3n) is 4.51. The van der Waals surface area contributed by atoms with Crippen molar-refractivity contribution in [3.8, 4) is 11.5 Å². The summed E-state index contributed by atoms with van der Waals surface area (Å²) in [5.41, 5.74) is 4.06. The van der Waals surface area contributed by atoms with E-state index in [0.717, 1.165) is 32.7 Å². The van der Waals surface area contributed by atoms with Gasteiger partial charge in [-0.2, -0.15) is 0 Å². The van der Waals surface area contributed by atoms with Crippen LogP contribution in [-0.4, -0.2) is 12.1 Å². The lowest BCUT2D eigenvalue weighted by molar-refractivity contribution is 0.285. The van der Waals surface area contributed by atoms with E-state index in [-0.39, 0.29) is 0 Å². The molecule has 4 aromatic rings. The number of hydrogen-bond acceptors (Lipinski definition) is 2. The summed E-state index contributed by atoms with van der Waals surface area (Å²) in [4.78, 5) is 3.41. The molecule has 3 nitrogen and oxygen atoms in total. The van der Waals surface area contributed by atoms with Crippen LogP contribution < -0.4 is 9.47 Å². The maximum Gasteiger partial charge on any atom is 0.163 e. The van der Waals surface area contributed by atoms with E-state index in [1.807, 2.05) is 78.9 Å². The molecule has 1 heterocycles. The number of aromatic nitrogens is 1. The molecule has 0 atom stereocenters. The fraction of sp³-hybridized carbons (Fsp3) is 0.0833. The van der Waals surface area contributed by atoms with Gasteiger partial charge in [0.2, 0.25) is 0 Å². The van der Waals surface area contributed by atoms with Crippen LogP contribution in [0.1, 0.15) is 16.8 Å². The third kappa shape index (κ3) is 4.05. The molecule has 4 heteroatoms. The molecule has 0 spiro atoms. The van der Waals surface area contributed by atoms with E-state index >= 15 is 0 Å². The first-order valence-electron chi connectivity index (χ1n) is 9.03. The number of methoxy groups -OCH3 is 1. The summed E-state index contributed by atoms with van der Waals surface area (Å²) in [6.07, 6.45) is 4.01. The zero-order chi connectivity index (χ0) is 19.3. The van der Waals surface area contributed by atoms with Crippen LogP contribution in [0.15, 0.2) is 72.8 Å². The average molecular weight is 390 g/mol. The Morgan fingerprint density at radius 1 is 0.893 bits per heavy atom. The Morgan fingerprint density at radius 3 is 2.46 bits per heavy atom. The van der Waals surface area contributed by atoms with E-state index in [9.17, 15) is 0 Å². The quantitative estimate of drug-likeness (QED) is 0.404. The molecule has 140 valence electrons.